The van der Waals surface area contributed by atoms with Crippen molar-refractivity contribution in [3.63, 3.8) is 0 Å². The number of hydrogen-bond acceptors (Lipinski definition) is 5. The van der Waals surface area contributed by atoms with Crippen LogP contribution in [0.5, 0.6) is 0 Å². The number of halogens is 2. The lowest BCUT2D eigenvalue weighted by Crippen LogP contribution is -2.45. The number of hydrogen-bond donors (Lipinski definition) is 1. The summed E-state index contributed by atoms with van der Waals surface area (Å²) in [5.41, 5.74) is 0.878. The first kappa shape index (κ1) is 20.1. The van der Waals surface area contributed by atoms with Crippen LogP contribution in [-0.2, 0) is 4.79 Å². The lowest BCUT2D eigenvalue weighted by Gasteiger charge is -2.34. The molecule has 3 heterocycles. The van der Waals surface area contributed by atoms with Crippen LogP contribution in [0.1, 0.15) is 37.5 Å². The lowest BCUT2D eigenvalue weighted by molar-refractivity contribution is -0.137. The molecule has 2 aliphatic rings. The van der Waals surface area contributed by atoms with Gasteiger partial charge in [-0.25, -0.2) is 0 Å². The van der Waals surface area contributed by atoms with E-state index in [0.717, 1.165) is 50.9 Å². The zero-order chi connectivity index (χ0) is 17.9. The summed E-state index contributed by atoms with van der Waals surface area (Å²) in [5.74, 6) is 1.75. The van der Waals surface area contributed by atoms with Gasteiger partial charge in [0.05, 0.1) is 5.92 Å². The Morgan fingerprint density at radius 3 is 2.67 bits per heavy atom. The minimum atomic E-state index is 0. The van der Waals surface area contributed by atoms with Crippen LogP contribution >= 0.6 is 24.0 Å². The van der Waals surface area contributed by atoms with Gasteiger partial charge < -0.3 is 14.7 Å². The van der Waals surface area contributed by atoms with Gasteiger partial charge in [-0.1, -0.05) is 16.8 Å². The fraction of sp³-hybridized carbons (Fsp3) is 0.526. The van der Waals surface area contributed by atoms with Gasteiger partial charge in [-0.15, -0.1) is 12.4 Å². The quantitative estimate of drug-likeness (QED) is 0.837. The molecule has 0 radical (unpaired) electrons. The van der Waals surface area contributed by atoms with E-state index < -0.39 is 0 Å². The van der Waals surface area contributed by atoms with E-state index in [4.69, 9.17) is 16.1 Å². The van der Waals surface area contributed by atoms with Crippen molar-refractivity contribution in [3.8, 4) is 11.4 Å². The van der Waals surface area contributed by atoms with Crippen LogP contribution in [0.25, 0.3) is 11.4 Å². The number of likely N-dealkylation sites (tertiary alicyclic amines) is 1. The Morgan fingerprint density at radius 2 is 1.93 bits per heavy atom. The van der Waals surface area contributed by atoms with Crippen LogP contribution in [0.4, 0.5) is 0 Å². The Balaban J connectivity index is 0.00000210. The highest BCUT2D eigenvalue weighted by atomic mass is 35.5. The third-order valence-corrected chi connectivity index (χ3v) is 5.57. The van der Waals surface area contributed by atoms with Crippen molar-refractivity contribution in [2.24, 2.45) is 5.92 Å². The number of benzene rings is 1. The average Bonchev–Trinajstić information content (AvgIpc) is 3.19. The maximum atomic E-state index is 12.8. The molecule has 2 fully saturated rings. The van der Waals surface area contributed by atoms with Crippen molar-refractivity contribution < 1.29 is 9.32 Å². The molecule has 0 bridgehead atoms. The monoisotopic (exact) mass is 410 g/mol. The smallest absolute Gasteiger partial charge is 0.231 e. The highest BCUT2D eigenvalue weighted by molar-refractivity contribution is 6.30. The van der Waals surface area contributed by atoms with E-state index >= 15 is 0 Å². The number of rotatable bonds is 3. The fourth-order valence-electron chi connectivity index (χ4n) is 3.82. The third-order valence-electron chi connectivity index (χ3n) is 5.31. The van der Waals surface area contributed by atoms with Gasteiger partial charge in [-0.05, 0) is 63.0 Å². The molecule has 8 heteroatoms. The second kappa shape index (κ2) is 9.04. The first-order chi connectivity index (χ1) is 12.7. The van der Waals surface area contributed by atoms with E-state index in [1.165, 1.54) is 0 Å². The summed E-state index contributed by atoms with van der Waals surface area (Å²) in [7, 11) is 0. The number of aromatic nitrogens is 2. The molecule has 146 valence electrons. The van der Waals surface area contributed by atoms with Crippen LogP contribution in [0.15, 0.2) is 28.8 Å². The molecule has 2 aromatic rings. The van der Waals surface area contributed by atoms with Gasteiger partial charge >= 0.3 is 0 Å². The van der Waals surface area contributed by atoms with E-state index in [1.54, 1.807) is 0 Å². The van der Waals surface area contributed by atoms with Crippen molar-refractivity contribution >= 4 is 29.9 Å². The van der Waals surface area contributed by atoms with E-state index in [-0.39, 0.29) is 30.2 Å². The Labute approximate surface area is 170 Å². The molecule has 0 saturated carbocycles. The molecule has 2 aliphatic heterocycles. The van der Waals surface area contributed by atoms with E-state index in [1.807, 2.05) is 29.2 Å². The fourth-order valence-corrected chi connectivity index (χ4v) is 3.95. The van der Waals surface area contributed by atoms with Gasteiger partial charge in [-0.3, -0.25) is 4.79 Å². The van der Waals surface area contributed by atoms with E-state index in [0.29, 0.717) is 23.3 Å². The Kier molecular flexibility index (Phi) is 6.73. The molecule has 0 spiro atoms. The number of amides is 1. The molecule has 0 aliphatic carbocycles. The van der Waals surface area contributed by atoms with Crippen LogP contribution < -0.4 is 5.32 Å². The van der Waals surface area contributed by atoms with Crippen molar-refractivity contribution in [1.82, 2.24) is 20.4 Å². The van der Waals surface area contributed by atoms with E-state index in [2.05, 4.69) is 15.5 Å². The largest absolute Gasteiger partial charge is 0.342 e. The Morgan fingerprint density at radius 1 is 1.19 bits per heavy atom. The third kappa shape index (κ3) is 4.62. The maximum Gasteiger partial charge on any atom is 0.231 e. The normalized spacial score (nSPS) is 20.9. The summed E-state index contributed by atoms with van der Waals surface area (Å²) in [4.78, 5) is 19.4. The predicted octanol–water partition coefficient (Wildman–Crippen LogP) is 3.52. The second-order valence-electron chi connectivity index (χ2n) is 7.11. The van der Waals surface area contributed by atoms with Crippen molar-refractivity contribution in [3.05, 3.63) is 35.2 Å². The van der Waals surface area contributed by atoms with Gasteiger partial charge in [-0.2, -0.15) is 4.98 Å². The molecule has 6 nitrogen and oxygen atoms in total. The highest BCUT2D eigenvalue weighted by Crippen LogP contribution is 2.29. The van der Waals surface area contributed by atoms with Crippen LogP contribution in [-0.4, -0.2) is 47.1 Å². The first-order valence-electron chi connectivity index (χ1n) is 9.30. The molecular weight excluding hydrogens is 387 g/mol. The van der Waals surface area contributed by atoms with Gasteiger partial charge in [0, 0.05) is 29.6 Å². The van der Waals surface area contributed by atoms with Gasteiger partial charge in [0.15, 0.2) is 0 Å². The summed E-state index contributed by atoms with van der Waals surface area (Å²) in [6.07, 6.45) is 3.81. The van der Waals surface area contributed by atoms with Gasteiger partial charge in [0.25, 0.3) is 0 Å². The molecule has 1 atom stereocenters. The van der Waals surface area contributed by atoms with E-state index in [9.17, 15) is 4.79 Å². The van der Waals surface area contributed by atoms with Crippen molar-refractivity contribution in [1.29, 1.82) is 0 Å². The highest BCUT2D eigenvalue weighted by Gasteiger charge is 2.32. The predicted molar refractivity (Wildman–Crippen MR) is 106 cm³/mol. The summed E-state index contributed by atoms with van der Waals surface area (Å²) in [6.45, 7) is 3.37. The minimum absolute atomic E-state index is 0. The van der Waals surface area contributed by atoms with Crippen LogP contribution in [0.2, 0.25) is 5.02 Å². The summed E-state index contributed by atoms with van der Waals surface area (Å²) >= 11 is 5.93. The van der Waals surface area contributed by atoms with Crippen LogP contribution in [0, 0.1) is 5.92 Å². The Bertz CT molecular complexity index is 759. The number of piperidine rings is 2. The second-order valence-corrected chi connectivity index (χ2v) is 7.55. The maximum absolute atomic E-state index is 12.8. The molecule has 1 unspecified atom stereocenters. The van der Waals surface area contributed by atoms with Gasteiger partial charge in [0.2, 0.25) is 17.6 Å². The summed E-state index contributed by atoms with van der Waals surface area (Å²) in [5, 5.41) is 8.10. The van der Waals surface area contributed by atoms with Crippen molar-refractivity contribution in [2.75, 3.05) is 26.2 Å². The SMILES string of the molecule is Cl.O=C(C1CCNCC1)N1CCCC(c2nc(-c3ccc(Cl)cc3)no2)C1. The topological polar surface area (TPSA) is 71.3 Å². The summed E-state index contributed by atoms with van der Waals surface area (Å²) in [6, 6.07) is 7.38. The standard InChI is InChI=1S/C19H23ClN4O2.ClH/c20-16-5-3-13(4-6-16)17-22-18(26-23-17)15-2-1-11-24(12-15)19(25)14-7-9-21-10-8-14;/h3-6,14-15,21H,1-2,7-12H2;1H. The zero-order valence-electron chi connectivity index (χ0n) is 15.1. The molecule has 1 N–H and O–H groups in total. The minimum Gasteiger partial charge on any atom is -0.342 e. The molecule has 2 saturated heterocycles. The number of nitrogens with zero attached hydrogens (tertiary/aromatic N) is 3. The lowest BCUT2D eigenvalue weighted by atomic mass is 9.93. The average molecular weight is 411 g/mol. The number of carbonyl (C=O) groups is 1. The summed E-state index contributed by atoms with van der Waals surface area (Å²) < 4.78 is 5.52. The number of nitrogens with one attached hydrogen (secondary N) is 1. The number of carbonyl (C=O) groups excluding carboxylic acids is 1. The molecule has 1 aromatic carbocycles. The Hall–Kier alpha value is -1.63. The molecule has 4 rings (SSSR count). The van der Waals surface area contributed by atoms with Crippen molar-refractivity contribution in [2.45, 2.75) is 31.6 Å². The molecule has 1 amide bonds. The van der Waals surface area contributed by atoms with Gasteiger partial charge in [0.1, 0.15) is 0 Å². The molecular formula is C19H24Cl2N4O2. The first-order valence-corrected chi connectivity index (χ1v) is 9.67. The molecule has 27 heavy (non-hydrogen) atoms. The van der Waals surface area contributed by atoms with Crippen LogP contribution in [0.3, 0.4) is 0 Å². The zero-order valence-corrected chi connectivity index (χ0v) is 16.6. The molecule has 1 aromatic heterocycles.